The fourth-order valence-electron chi connectivity index (χ4n) is 1.30. The van der Waals surface area contributed by atoms with Gasteiger partial charge in [-0.1, -0.05) is 11.9 Å². The zero-order valence-corrected chi connectivity index (χ0v) is 7.79. The molecule has 0 unspecified atom stereocenters. The molecule has 1 aliphatic rings. The van der Waals surface area contributed by atoms with Crippen LogP contribution in [0.5, 0.6) is 0 Å². The van der Waals surface area contributed by atoms with Crippen molar-refractivity contribution in [3.05, 3.63) is 0 Å². The van der Waals surface area contributed by atoms with Crippen molar-refractivity contribution >= 4 is 11.9 Å². The summed E-state index contributed by atoms with van der Waals surface area (Å²) in [6.45, 7) is 7.94. The number of nitrogens with zero attached hydrogens (tertiary/aromatic N) is 1. The summed E-state index contributed by atoms with van der Waals surface area (Å²) in [5, 5.41) is 3.38. The van der Waals surface area contributed by atoms with Gasteiger partial charge in [0.15, 0.2) is 0 Å². The van der Waals surface area contributed by atoms with E-state index in [1.807, 2.05) is 11.9 Å². The van der Waals surface area contributed by atoms with Crippen molar-refractivity contribution in [2.24, 2.45) is 0 Å². The fraction of sp³-hybridized carbons (Fsp3) is 1.00. The van der Waals surface area contributed by atoms with Crippen LogP contribution in [0.2, 0.25) is 0 Å². The maximum Gasteiger partial charge on any atom is 0.0381 e. The maximum atomic E-state index is 3.38. The van der Waals surface area contributed by atoms with Crippen LogP contribution >= 0.6 is 11.9 Å². The van der Waals surface area contributed by atoms with E-state index in [9.17, 15) is 0 Å². The largest absolute Gasteiger partial charge is 0.314 e. The third-order valence-electron chi connectivity index (χ3n) is 1.94. The standard InChI is InChI=1S/C7H16N2S/c1-7(2)6-8-4-5-9(7)10-3/h8H,4-6H2,1-3H3. The molecule has 3 heteroatoms. The Kier molecular flexibility index (Phi) is 2.61. The summed E-state index contributed by atoms with van der Waals surface area (Å²) >= 11 is 1.85. The molecule has 0 bridgehead atoms. The average Bonchev–Trinajstić information content (AvgIpc) is 1.87. The number of hydrogen-bond acceptors (Lipinski definition) is 3. The lowest BCUT2D eigenvalue weighted by molar-refractivity contribution is 0.203. The highest BCUT2D eigenvalue weighted by atomic mass is 32.2. The molecule has 1 N–H and O–H groups in total. The molecular formula is C7H16N2S. The van der Waals surface area contributed by atoms with Crippen LogP contribution in [0.4, 0.5) is 0 Å². The van der Waals surface area contributed by atoms with Crippen molar-refractivity contribution in [3.8, 4) is 0 Å². The van der Waals surface area contributed by atoms with E-state index in [1.54, 1.807) is 0 Å². The summed E-state index contributed by atoms with van der Waals surface area (Å²) in [4.78, 5) is 0. The Labute approximate surface area is 67.5 Å². The number of rotatable bonds is 1. The molecule has 1 heterocycles. The van der Waals surface area contributed by atoms with Gasteiger partial charge in [0.25, 0.3) is 0 Å². The van der Waals surface area contributed by atoms with Gasteiger partial charge in [0.2, 0.25) is 0 Å². The topological polar surface area (TPSA) is 15.3 Å². The van der Waals surface area contributed by atoms with Gasteiger partial charge in [-0.3, -0.25) is 0 Å². The van der Waals surface area contributed by atoms with Crippen LogP contribution in [0.15, 0.2) is 0 Å². The van der Waals surface area contributed by atoms with Crippen molar-refractivity contribution in [2.75, 3.05) is 25.9 Å². The van der Waals surface area contributed by atoms with E-state index in [1.165, 1.54) is 0 Å². The maximum absolute atomic E-state index is 3.38. The Morgan fingerprint density at radius 1 is 1.50 bits per heavy atom. The summed E-state index contributed by atoms with van der Waals surface area (Å²) < 4.78 is 2.43. The lowest BCUT2D eigenvalue weighted by Crippen LogP contribution is -2.54. The van der Waals surface area contributed by atoms with Gasteiger partial charge < -0.3 is 5.32 Å². The molecule has 1 rings (SSSR count). The number of piperazine rings is 1. The Balaban J connectivity index is 2.51. The molecule has 0 aliphatic carbocycles. The third-order valence-corrected chi connectivity index (χ3v) is 3.06. The van der Waals surface area contributed by atoms with Crippen LogP contribution < -0.4 is 5.32 Å². The quantitative estimate of drug-likeness (QED) is 0.575. The molecule has 0 amide bonds. The third kappa shape index (κ3) is 1.65. The minimum absolute atomic E-state index is 0.331. The normalized spacial score (nSPS) is 26.7. The van der Waals surface area contributed by atoms with E-state index in [2.05, 4.69) is 29.7 Å². The molecule has 0 radical (unpaired) electrons. The highest BCUT2D eigenvalue weighted by Crippen LogP contribution is 2.22. The minimum Gasteiger partial charge on any atom is -0.314 e. The Hall–Kier alpha value is 0.270. The first kappa shape index (κ1) is 8.37. The first-order valence-corrected chi connectivity index (χ1v) is 4.87. The van der Waals surface area contributed by atoms with Gasteiger partial charge >= 0.3 is 0 Å². The Morgan fingerprint density at radius 3 is 2.60 bits per heavy atom. The molecule has 0 aromatic carbocycles. The van der Waals surface area contributed by atoms with E-state index in [-0.39, 0.29) is 0 Å². The summed E-state index contributed by atoms with van der Waals surface area (Å²) in [6.07, 6.45) is 2.15. The van der Waals surface area contributed by atoms with Crippen molar-refractivity contribution in [3.63, 3.8) is 0 Å². The van der Waals surface area contributed by atoms with Crippen molar-refractivity contribution in [1.29, 1.82) is 0 Å². The van der Waals surface area contributed by atoms with Crippen molar-refractivity contribution < 1.29 is 0 Å². The van der Waals surface area contributed by atoms with Crippen LogP contribution in [0.3, 0.4) is 0 Å². The zero-order chi connectivity index (χ0) is 7.61. The van der Waals surface area contributed by atoms with E-state index < -0.39 is 0 Å². The smallest absolute Gasteiger partial charge is 0.0381 e. The van der Waals surface area contributed by atoms with Crippen LogP contribution in [0, 0.1) is 0 Å². The van der Waals surface area contributed by atoms with E-state index in [0.717, 1.165) is 19.6 Å². The molecule has 0 aromatic heterocycles. The second-order valence-electron chi connectivity index (χ2n) is 3.27. The van der Waals surface area contributed by atoms with Crippen LogP contribution in [0.1, 0.15) is 13.8 Å². The molecular weight excluding hydrogens is 144 g/mol. The minimum atomic E-state index is 0.331. The van der Waals surface area contributed by atoms with Crippen molar-refractivity contribution in [1.82, 2.24) is 9.62 Å². The average molecular weight is 160 g/mol. The first-order valence-electron chi connectivity index (χ1n) is 3.69. The Bertz CT molecular complexity index is 114. The summed E-state index contributed by atoms with van der Waals surface area (Å²) in [5.41, 5.74) is 0.331. The van der Waals surface area contributed by atoms with Gasteiger partial charge in [-0.15, -0.1) is 0 Å². The molecule has 1 saturated heterocycles. The second kappa shape index (κ2) is 3.11. The highest BCUT2D eigenvalue weighted by molar-refractivity contribution is 7.96. The van der Waals surface area contributed by atoms with Gasteiger partial charge in [0.1, 0.15) is 0 Å². The van der Waals surface area contributed by atoms with Crippen LogP contribution in [-0.2, 0) is 0 Å². The molecule has 0 aromatic rings. The van der Waals surface area contributed by atoms with Gasteiger partial charge in [0, 0.05) is 25.2 Å². The van der Waals surface area contributed by atoms with Crippen LogP contribution in [-0.4, -0.2) is 35.7 Å². The molecule has 1 fully saturated rings. The van der Waals surface area contributed by atoms with Gasteiger partial charge in [-0.25, -0.2) is 4.31 Å². The first-order chi connectivity index (χ1) is 4.67. The van der Waals surface area contributed by atoms with Gasteiger partial charge in [0.05, 0.1) is 0 Å². The summed E-state index contributed by atoms with van der Waals surface area (Å²) in [5.74, 6) is 0. The molecule has 60 valence electrons. The molecule has 2 nitrogen and oxygen atoms in total. The molecule has 10 heavy (non-hydrogen) atoms. The lowest BCUT2D eigenvalue weighted by atomic mass is 10.0. The molecule has 0 spiro atoms. The molecule has 1 aliphatic heterocycles. The lowest BCUT2D eigenvalue weighted by Gasteiger charge is -2.40. The number of hydrogen-bond donors (Lipinski definition) is 1. The van der Waals surface area contributed by atoms with E-state index in [4.69, 9.17) is 0 Å². The van der Waals surface area contributed by atoms with Gasteiger partial charge in [-0.2, -0.15) is 0 Å². The monoisotopic (exact) mass is 160 g/mol. The van der Waals surface area contributed by atoms with Crippen LogP contribution in [0.25, 0.3) is 0 Å². The second-order valence-corrected chi connectivity index (χ2v) is 4.08. The molecule has 0 atom stereocenters. The highest BCUT2D eigenvalue weighted by Gasteiger charge is 2.28. The van der Waals surface area contributed by atoms with E-state index in [0.29, 0.717) is 5.54 Å². The van der Waals surface area contributed by atoms with Gasteiger partial charge in [-0.05, 0) is 20.1 Å². The van der Waals surface area contributed by atoms with Crippen molar-refractivity contribution in [2.45, 2.75) is 19.4 Å². The Morgan fingerprint density at radius 2 is 2.20 bits per heavy atom. The predicted octanol–water partition coefficient (Wildman–Crippen LogP) is 0.948. The number of nitrogens with one attached hydrogen (secondary N) is 1. The SMILES string of the molecule is CSN1CCNCC1(C)C. The summed E-state index contributed by atoms with van der Waals surface area (Å²) in [6, 6.07) is 0. The zero-order valence-electron chi connectivity index (χ0n) is 6.98. The predicted molar refractivity (Wildman–Crippen MR) is 47.2 cm³/mol. The fourth-order valence-corrected chi connectivity index (χ4v) is 2.14. The summed E-state index contributed by atoms with van der Waals surface area (Å²) in [7, 11) is 0. The molecule has 0 saturated carbocycles. The van der Waals surface area contributed by atoms with E-state index >= 15 is 0 Å².